The van der Waals surface area contributed by atoms with Gasteiger partial charge in [-0.3, -0.25) is 0 Å². The maximum absolute atomic E-state index is 4.60. The van der Waals surface area contributed by atoms with Crippen molar-refractivity contribution in [3.05, 3.63) is 12.3 Å². The second-order valence-corrected chi connectivity index (χ2v) is 1.01. The third kappa shape index (κ3) is 3.50. The van der Waals surface area contributed by atoms with Gasteiger partial charge in [-0.25, -0.2) is 0 Å². The van der Waals surface area contributed by atoms with Crippen molar-refractivity contribution in [3.63, 3.8) is 0 Å². The van der Waals surface area contributed by atoms with Gasteiger partial charge in [0.05, 0.1) is 0 Å². The number of hydrogen-bond donors (Lipinski definition) is 1. The van der Waals surface area contributed by atoms with Crippen LogP contribution in [0.5, 0.6) is 0 Å². The first-order chi connectivity index (χ1) is 2.77. The molecular weight excluding hydrogens is 78.0 g/mol. The van der Waals surface area contributed by atoms with E-state index in [1.54, 1.807) is 14.0 Å². The Bertz CT molecular complexity index is 51.5. The summed E-state index contributed by atoms with van der Waals surface area (Å²) in [5.74, 6) is 0.678. The van der Waals surface area contributed by atoms with E-state index in [-0.39, 0.29) is 0 Å². The number of hydrogen-bond acceptors (Lipinski definition) is 2. The summed E-state index contributed by atoms with van der Waals surface area (Å²) in [6, 6.07) is 0. The van der Waals surface area contributed by atoms with Gasteiger partial charge in [0.2, 0.25) is 0 Å². The molecule has 2 heteroatoms. The summed E-state index contributed by atoms with van der Waals surface area (Å²) < 4.78 is 0. The van der Waals surface area contributed by atoms with Crippen LogP contribution in [-0.2, 0) is 4.84 Å². The molecule has 0 aliphatic heterocycles. The normalized spacial score (nSPS) is 7.67. The minimum Gasteiger partial charge on any atom is -0.414 e. The number of allylic oxidation sites excluding steroid dienone is 1. The molecule has 0 aromatic heterocycles. The highest BCUT2D eigenvalue weighted by Crippen LogP contribution is 1.80. The molecule has 0 unspecified atom stereocenters. The van der Waals surface area contributed by atoms with Crippen LogP contribution in [0.4, 0.5) is 0 Å². The van der Waals surface area contributed by atoms with Gasteiger partial charge in [-0.2, -0.15) is 5.48 Å². The number of nitrogens with one attached hydrogen (secondary N) is 1. The van der Waals surface area contributed by atoms with Crippen LogP contribution in [-0.4, -0.2) is 7.05 Å². The molecule has 0 bridgehead atoms. The van der Waals surface area contributed by atoms with Gasteiger partial charge in [0.25, 0.3) is 0 Å². The predicted molar refractivity (Wildman–Crippen MR) is 25.0 cm³/mol. The maximum Gasteiger partial charge on any atom is 0.114 e. The van der Waals surface area contributed by atoms with E-state index in [4.69, 9.17) is 0 Å². The van der Waals surface area contributed by atoms with E-state index in [0.717, 1.165) is 0 Å². The molecule has 36 valence electrons. The Balaban J connectivity index is 2.83. The van der Waals surface area contributed by atoms with Crippen molar-refractivity contribution in [1.82, 2.24) is 5.48 Å². The van der Waals surface area contributed by atoms with Gasteiger partial charge in [-0.05, 0) is 6.92 Å². The van der Waals surface area contributed by atoms with E-state index in [9.17, 15) is 0 Å². The molecule has 0 aliphatic rings. The molecule has 0 spiro atoms. The van der Waals surface area contributed by atoms with Crippen LogP contribution in [0.1, 0.15) is 6.92 Å². The summed E-state index contributed by atoms with van der Waals surface area (Å²) in [4.78, 5) is 4.60. The molecule has 0 aromatic rings. The fraction of sp³-hybridized carbons (Fsp3) is 0.500. The van der Waals surface area contributed by atoms with E-state index in [2.05, 4.69) is 16.9 Å². The molecule has 0 amide bonds. The van der Waals surface area contributed by atoms with Crippen molar-refractivity contribution in [3.8, 4) is 0 Å². The van der Waals surface area contributed by atoms with Crippen LogP contribution in [0.2, 0.25) is 0 Å². The minimum atomic E-state index is 0.678. The van der Waals surface area contributed by atoms with Crippen LogP contribution in [0.15, 0.2) is 12.3 Å². The zero-order chi connectivity index (χ0) is 4.99. The number of hydroxylamine groups is 1. The number of rotatable bonds is 2. The Morgan fingerprint density at radius 3 is 2.33 bits per heavy atom. The molecule has 6 heavy (non-hydrogen) atoms. The van der Waals surface area contributed by atoms with Crippen LogP contribution in [0, 0.1) is 0 Å². The molecule has 0 saturated heterocycles. The predicted octanol–water partition coefficient (Wildman–Crippen LogP) is 0.671. The van der Waals surface area contributed by atoms with Gasteiger partial charge in [0.15, 0.2) is 0 Å². The van der Waals surface area contributed by atoms with E-state index in [1.165, 1.54) is 0 Å². The Morgan fingerprint density at radius 2 is 2.33 bits per heavy atom. The van der Waals surface area contributed by atoms with Crippen molar-refractivity contribution < 1.29 is 4.84 Å². The highest BCUT2D eigenvalue weighted by molar-refractivity contribution is 4.71. The Morgan fingerprint density at radius 1 is 1.83 bits per heavy atom. The summed E-state index contributed by atoms with van der Waals surface area (Å²) in [5.41, 5.74) is 2.47. The summed E-state index contributed by atoms with van der Waals surface area (Å²) in [6.45, 7) is 5.23. The van der Waals surface area contributed by atoms with Gasteiger partial charge >= 0.3 is 0 Å². The largest absolute Gasteiger partial charge is 0.414 e. The third-order valence-electron chi connectivity index (χ3n) is 0.276. The second-order valence-electron chi connectivity index (χ2n) is 1.01. The van der Waals surface area contributed by atoms with Crippen molar-refractivity contribution in [2.75, 3.05) is 7.05 Å². The summed E-state index contributed by atoms with van der Waals surface area (Å²) in [5, 5.41) is 0. The fourth-order valence-corrected chi connectivity index (χ4v) is 0.174. The Kier molecular flexibility index (Phi) is 2.50. The van der Waals surface area contributed by atoms with Crippen LogP contribution in [0.3, 0.4) is 0 Å². The first-order valence-corrected chi connectivity index (χ1v) is 1.76. The molecule has 0 radical (unpaired) electrons. The SMILES string of the molecule is C=C(C)ONC. The van der Waals surface area contributed by atoms with Gasteiger partial charge in [-0.1, -0.05) is 6.58 Å². The van der Waals surface area contributed by atoms with Gasteiger partial charge in [0.1, 0.15) is 5.76 Å². The summed E-state index contributed by atoms with van der Waals surface area (Å²) >= 11 is 0. The minimum absolute atomic E-state index is 0.678. The lowest BCUT2D eigenvalue weighted by atomic mass is 10.7. The van der Waals surface area contributed by atoms with Gasteiger partial charge < -0.3 is 4.84 Å². The summed E-state index contributed by atoms with van der Waals surface area (Å²) in [7, 11) is 1.69. The van der Waals surface area contributed by atoms with Crippen molar-refractivity contribution in [2.24, 2.45) is 0 Å². The highest BCUT2D eigenvalue weighted by Gasteiger charge is 1.72. The lowest BCUT2D eigenvalue weighted by molar-refractivity contribution is 0.129. The molecule has 0 aliphatic carbocycles. The lowest BCUT2D eigenvalue weighted by Crippen LogP contribution is -2.03. The monoisotopic (exact) mass is 87.1 g/mol. The Hall–Kier alpha value is -0.500. The first-order valence-electron chi connectivity index (χ1n) is 1.76. The van der Waals surface area contributed by atoms with Crippen LogP contribution in [0.25, 0.3) is 0 Å². The van der Waals surface area contributed by atoms with Crippen LogP contribution < -0.4 is 5.48 Å². The highest BCUT2D eigenvalue weighted by atomic mass is 16.6. The molecule has 0 heterocycles. The topological polar surface area (TPSA) is 21.3 Å². The summed E-state index contributed by atoms with van der Waals surface area (Å²) in [6.07, 6.45) is 0. The van der Waals surface area contributed by atoms with E-state index in [0.29, 0.717) is 5.76 Å². The van der Waals surface area contributed by atoms with Gasteiger partial charge in [-0.15, -0.1) is 0 Å². The fourth-order valence-electron chi connectivity index (χ4n) is 0.174. The molecule has 0 saturated carbocycles. The molecule has 0 aromatic carbocycles. The average molecular weight is 87.1 g/mol. The zero-order valence-corrected chi connectivity index (χ0v) is 4.12. The second kappa shape index (κ2) is 2.72. The molecule has 0 atom stereocenters. The molecule has 0 fully saturated rings. The molecule has 1 N–H and O–H groups in total. The van der Waals surface area contributed by atoms with Crippen molar-refractivity contribution in [2.45, 2.75) is 6.92 Å². The Labute approximate surface area is 37.8 Å². The molecule has 2 nitrogen and oxygen atoms in total. The van der Waals surface area contributed by atoms with Crippen molar-refractivity contribution >= 4 is 0 Å². The lowest BCUT2D eigenvalue weighted by Gasteiger charge is -1.96. The van der Waals surface area contributed by atoms with Crippen LogP contribution >= 0.6 is 0 Å². The molecule has 0 rings (SSSR count). The molecular formula is C4H9NO. The third-order valence-corrected chi connectivity index (χ3v) is 0.276. The smallest absolute Gasteiger partial charge is 0.114 e. The maximum atomic E-state index is 4.60. The van der Waals surface area contributed by atoms with Crippen molar-refractivity contribution in [1.29, 1.82) is 0 Å². The van der Waals surface area contributed by atoms with E-state index in [1.807, 2.05) is 0 Å². The quantitative estimate of drug-likeness (QED) is 0.395. The standard InChI is InChI=1S/C4H9NO/c1-4(2)6-5-3/h5H,1H2,2-3H3. The zero-order valence-electron chi connectivity index (χ0n) is 4.12. The van der Waals surface area contributed by atoms with E-state index >= 15 is 0 Å². The van der Waals surface area contributed by atoms with Gasteiger partial charge in [0, 0.05) is 7.05 Å². The average Bonchev–Trinajstić information content (AvgIpc) is 1.35. The first kappa shape index (κ1) is 5.50. The van der Waals surface area contributed by atoms with E-state index < -0.39 is 0 Å².